The Morgan fingerprint density at radius 3 is 2.93 bits per heavy atom. The number of anilines is 1. The van der Waals surface area contributed by atoms with Crippen LogP contribution in [0.4, 0.5) is 5.82 Å². The van der Waals surface area contributed by atoms with Gasteiger partial charge in [0.2, 0.25) is 0 Å². The minimum atomic E-state index is -0.120. The van der Waals surface area contributed by atoms with Crippen molar-refractivity contribution in [2.45, 2.75) is 69.7 Å². The lowest BCUT2D eigenvalue weighted by Crippen LogP contribution is -2.33. The van der Waals surface area contributed by atoms with Crippen molar-refractivity contribution in [3.63, 3.8) is 0 Å². The van der Waals surface area contributed by atoms with Crippen molar-refractivity contribution in [3.05, 3.63) is 34.6 Å². The summed E-state index contributed by atoms with van der Waals surface area (Å²) in [6, 6.07) is 3.88. The Morgan fingerprint density at radius 2 is 2.22 bits per heavy atom. The number of furan rings is 1. The van der Waals surface area contributed by atoms with Crippen molar-refractivity contribution in [1.82, 2.24) is 9.97 Å². The second-order valence-electron chi connectivity index (χ2n) is 7.41. The fourth-order valence-electron chi connectivity index (χ4n) is 3.25. The van der Waals surface area contributed by atoms with E-state index in [2.05, 4.69) is 33.0 Å². The van der Waals surface area contributed by atoms with Gasteiger partial charge in [-0.3, -0.25) is 0 Å². The smallest absolute Gasteiger partial charge is 0.191 e. The number of thioether (sulfide) groups is 1. The standard InChI is InChI=1S/C20H25N3O2S2/c1-5-20(4)9-14-15(11-25-20)27-18-16(14)17(21-10-13-7-6-8-24-13)22-19(23-18)26-12(2)3/h6-8,12H,5,9-11H2,1-4H3,(H,21,22,23)/t20-/m0/s1. The second kappa shape index (κ2) is 7.45. The van der Waals surface area contributed by atoms with E-state index in [0.29, 0.717) is 18.4 Å². The molecule has 0 bridgehead atoms. The summed E-state index contributed by atoms with van der Waals surface area (Å²) < 4.78 is 11.6. The van der Waals surface area contributed by atoms with Crippen LogP contribution in [0.5, 0.6) is 0 Å². The zero-order valence-electron chi connectivity index (χ0n) is 16.2. The minimum Gasteiger partial charge on any atom is -0.467 e. The number of hydrogen-bond acceptors (Lipinski definition) is 7. The molecule has 1 aliphatic heterocycles. The first kappa shape index (κ1) is 18.8. The van der Waals surface area contributed by atoms with Gasteiger partial charge in [0.25, 0.3) is 0 Å². The van der Waals surface area contributed by atoms with Gasteiger partial charge in [-0.15, -0.1) is 11.3 Å². The van der Waals surface area contributed by atoms with Crippen LogP contribution in [-0.2, 0) is 24.3 Å². The predicted octanol–water partition coefficient (Wildman–Crippen LogP) is 5.64. The zero-order valence-corrected chi connectivity index (χ0v) is 17.8. The number of thiophene rings is 1. The van der Waals surface area contributed by atoms with E-state index in [1.54, 1.807) is 29.4 Å². The van der Waals surface area contributed by atoms with Crippen LogP contribution in [0, 0.1) is 0 Å². The van der Waals surface area contributed by atoms with Gasteiger partial charge in [0.15, 0.2) is 5.16 Å². The third kappa shape index (κ3) is 3.86. The summed E-state index contributed by atoms with van der Waals surface area (Å²) in [5.74, 6) is 1.79. The third-order valence-electron chi connectivity index (χ3n) is 4.92. The molecule has 4 rings (SSSR count). The van der Waals surface area contributed by atoms with Crippen LogP contribution in [0.2, 0.25) is 0 Å². The van der Waals surface area contributed by atoms with Gasteiger partial charge in [-0.25, -0.2) is 9.97 Å². The molecule has 0 saturated carbocycles. The lowest BCUT2D eigenvalue weighted by Gasteiger charge is -2.33. The number of nitrogens with zero attached hydrogens (tertiary/aromatic N) is 2. The van der Waals surface area contributed by atoms with Gasteiger partial charge in [0, 0.05) is 16.5 Å². The molecular weight excluding hydrogens is 378 g/mol. The molecule has 144 valence electrons. The van der Waals surface area contributed by atoms with Crippen molar-refractivity contribution in [1.29, 1.82) is 0 Å². The van der Waals surface area contributed by atoms with E-state index in [1.807, 2.05) is 12.1 Å². The molecule has 0 unspecified atom stereocenters. The molecule has 5 nitrogen and oxygen atoms in total. The summed E-state index contributed by atoms with van der Waals surface area (Å²) in [6.45, 7) is 9.97. The summed E-state index contributed by atoms with van der Waals surface area (Å²) in [5.41, 5.74) is 1.22. The first-order chi connectivity index (χ1) is 13.0. The number of hydrogen-bond donors (Lipinski definition) is 1. The number of nitrogens with one attached hydrogen (secondary N) is 1. The molecule has 0 aromatic carbocycles. The first-order valence-electron chi connectivity index (χ1n) is 9.36. The molecule has 1 aliphatic rings. The molecule has 0 saturated heterocycles. The van der Waals surface area contributed by atoms with E-state index in [-0.39, 0.29) is 5.60 Å². The molecule has 4 heterocycles. The van der Waals surface area contributed by atoms with Gasteiger partial charge in [0.1, 0.15) is 16.4 Å². The zero-order chi connectivity index (χ0) is 19.0. The Balaban J connectivity index is 1.77. The van der Waals surface area contributed by atoms with E-state index in [1.165, 1.54) is 10.4 Å². The molecule has 3 aromatic rings. The van der Waals surface area contributed by atoms with Crippen LogP contribution in [0.15, 0.2) is 28.0 Å². The van der Waals surface area contributed by atoms with Gasteiger partial charge in [0.05, 0.1) is 30.4 Å². The fraction of sp³-hybridized carbons (Fsp3) is 0.500. The fourth-order valence-corrected chi connectivity index (χ4v) is 5.13. The minimum absolute atomic E-state index is 0.120. The van der Waals surface area contributed by atoms with Gasteiger partial charge < -0.3 is 14.5 Å². The van der Waals surface area contributed by atoms with Crippen molar-refractivity contribution >= 4 is 39.1 Å². The number of aromatic nitrogens is 2. The van der Waals surface area contributed by atoms with Crippen molar-refractivity contribution in [2.24, 2.45) is 0 Å². The van der Waals surface area contributed by atoms with Crippen LogP contribution in [0.25, 0.3) is 10.2 Å². The van der Waals surface area contributed by atoms with Gasteiger partial charge in [-0.1, -0.05) is 32.5 Å². The maximum atomic E-state index is 6.15. The Kier molecular flexibility index (Phi) is 5.18. The molecule has 0 fully saturated rings. The molecule has 27 heavy (non-hydrogen) atoms. The normalized spacial score (nSPS) is 19.6. The molecule has 1 atom stereocenters. The quantitative estimate of drug-likeness (QED) is 0.425. The van der Waals surface area contributed by atoms with Gasteiger partial charge in [-0.2, -0.15) is 0 Å². The van der Waals surface area contributed by atoms with E-state index in [0.717, 1.165) is 39.8 Å². The number of rotatable bonds is 6. The van der Waals surface area contributed by atoms with E-state index in [4.69, 9.17) is 19.1 Å². The lowest BCUT2D eigenvalue weighted by atomic mass is 9.90. The van der Waals surface area contributed by atoms with Crippen molar-refractivity contribution < 1.29 is 9.15 Å². The van der Waals surface area contributed by atoms with Crippen LogP contribution in [0.3, 0.4) is 0 Å². The van der Waals surface area contributed by atoms with Gasteiger partial charge >= 0.3 is 0 Å². The largest absolute Gasteiger partial charge is 0.467 e. The summed E-state index contributed by atoms with van der Waals surface area (Å²) in [7, 11) is 0. The van der Waals surface area contributed by atoms with E-state index in [9.17, 15) is 0 Å². The first-order valence-corrected chi connectivity index (χ1v) is 11.1. The summed E-state index contributed by atoms with van der Waals surface area (Å²) >= 11 is 3.43. The maximum Gasteiger partial charge on any atom is 0.191 e. The Morgan fingerprint density at radius 1 is 1.37 bits per heavy atom. The Hall–Kier alpha value is -1.57. The highest BCUT2D eigenvalue weighted by Crippen LogP contribution is 2.42. The average Bonchev–Trinajstić information content (AvgIpc) is 3.26. The molecular formula is C20H25N3O2S2. The SMILES string of the molecule is CC[C@@]1(C)Cc2c(sc3nc(SC(C)C)nc(NCc4ccco4)c23)CO1. The highest BCUT2D eigenvalue weighted by molar-refractivity contribution is 7.99. The topological polar surface area (TPSA) is 60.2 Å². The Bertz CT molecular complexity index is 937. The second-order valence-corrected chi connectivity index (χ2v) is 10.0. The Labute approximate surface area is 167 Å². The molecule has 0 radical (unpaired) electrons. The lowest BCUT2D eigenvalue weighted by molar-refractivity contribution is -0.0542. The highest BCUT2D eigenvalue weighted by Gasteiger charge is 2.33. The predicted molar refractivity (Wildman–Crippen MR) is 112 cm³/mol. The van der Waals surface area contributed by atoms with Crippen LogP contribution in [-0.4, -0.2) is 20.8 Å². The number of ether oxygens (including phenoxy) is 1. The average molecular weight is 404 g/mol. The van der Waals surface area contributed by atoms with E-state index >= 15 is 0 Å². The van der Waals surface area contributed by atoms with Crippen LogP contribution < -0.4 is 5.32 Å². The molecule has 7 heteroatoms. The van der Waals surface area contributed by atoms with Crippen molar-refractivity contribution in [2.75, 3.05) is 5.32 Å². The van der Waals surface area contributed by atoms with Crippen LogP contribution in [0.1, 0.15) is 50.3 Å². The maximum absolute atomic E-state index is 6.15. The third-order valence-corrected chi connectivity index (χ3v) is 6.88. The van der Waals surface area contributed by atoms with Crippen molar-refractivity contribution in [3.8, 4) is 0 Å². The van der Waals surface area contributed by atoms with Gasteiger partial charge in [-0.05, 0) is 31.0 Å². The molecule has 1 N–H and O–H groups in total. The summed E-state index contributed by atoms with van der Waals surface area (Å²) in [5, 5.41) is 5.89. The molecule has 3 aromatic heterocycles. The summed E-state index contributed by atoms with van der Waals surface area (Å²) in [4.78, 5) is 12.0. The molecule has 0 aliphatic carbocycles. The highest BCUT2D eigenvalue weighted by atomic mass is 32.2. The number of fused-ring (bicyclic) bond motifs is 3. The monoisotopic (exact) mass is 403 g/mol. The van der Waals surface area contributed by atoms with E-state index < -0.39 is 0 Å². The molecule has 0 amide bonds. The van der Waals surface area contributed by atoms with Crippen LogP contribution >= 0.6 is 23.1 Å². The summed E-state index contributed by atoms with van der Waals surface area (Å²) in [6.07, 6.45) is 3.58. The molecule has 0 spiro atoms.